The zero-order valence-corrected chi connectivity index (χ0v) is 13.7. The van der Waals surface area contributed by atoms with Crippen LogP contribution in [-0.4, -0.2) is 33.8 Å². The molecular weight excluding hydrogens is 296 g/mol. The number of carboxylic acid groups (broad SMARTS) is 1. The first-order chi connectivity index (χ1) is 10.7. The van der Waals surface area contributed by atoms with Crippen LogP contribution in [0.2, 0.25) is 0 Å². The minimum Gasteiger partial charge on any atom is -0.480 e. The molecule has 2 aromatic rings. The number of H-pyrrole nitrogens is 1. The molecule has 1 aromatic heterocycles. The van der Waals surface area contributed by atoms with Gasteiger partial charge in [-0.15, -0.1) is 0 Å². The number of hydrogen-bond donors (Lipinski definition) is 3. The van der Waals surface area contributed by atoms with Gasteiger partial charge in [0.2, 0.25) is 0 Å². The molecule has 124 valence electrons. The van der Waals surface area contributed by atoms with E-state index < -0.39 is 29.6 Å². The second-order valence-corrected chi connectivity index (χ2v) is 6.54. The van der Waals surface area contributed by atoms with Crippen LogP contribution in [0.3, 0.4) is 0 Å². The summed E-state index contributed by atoms with van der Waals surface area (Å²) in [6.45, 7) is 6.95. The topological polar surface area (TPSA) is 91.4 Å². The Bertz CT molecular complexity index is 715. The number of aromatic nitrogens is 1. The number of benzene rings is 1. The predicted molar refractivity (Wildman–Crippen MR) is 87.5 cm³/mol. The van der Waals surface area contributed by atoms with E-state index in [1.54, 1.807) is 33.9 Å². The van der Waals surface area contributed by atoms with Crippen LogP contribution >= 0.6 is 0 Å². The van der Waals surface area contributed by atoms with Crippen molar-refractivity contribution in [3.63, 3.8) is 0 Å². The van der Waals surface area contributed by atoms with Gasteiger partial charge in [-0.2, -0.15) is 0 Å². The zero-order chi connectivity index (χ0) is 17.2. The Kier molecular flexibility index (Phi) is 4.63. The van der Waals surface area contributed by atoms with Crippen molar-refractivity contribution in [2.75, 3.05) is 0 Å². The maximum Gasteiger partial charge on any atom is 0.408 e. The molecule has 1 amide bonds. The fraction of sp³-hybridized carbons (Fsp3) is 0.412. The van der Waals surface area contributed by atoms with Crippen LogP contribution in [0.1, 0.15) is 39.2 Å². The number of aliphatic carboxylic acids is 1. The summed E-state index contributed by atoms with van der Waals surface area (Å²) >= 11 is 0. The van der Waals surface area contributed by atoms with Crippen LogP contribution in [0.15, 0.2) is 30.5 Å². The van der Waals surface area contributed by atoms with Crippen molar-refractivity contribution in [1.29, 1.82) is 0 Å². The van der Waals surface area contributed by atoms with Crippen LogP contribution in [0.4, 0.5) is 4.79 Å². The molecule has 0 saturated heterocycles. The lowest BCUT2D eigenvalue weighted by atomic mass is 9.93. The Hall–Kier alpha value is -2.50. The lowest BCUT2D eigenvalue weighted by molar-refractivity contribution is -0.140. The first-order valence-corrected chi connectivity index (χ1v) is 7.47. The average molecular weight is 318 g/mol. The lowest BCUT2D eigenvalue weighted by Crippen LogP contribution is -2.46. The number of alkyl carbamates (subject to hydrolysis) is 1. The van der Waals surface area contributed by atoms with Gasteiger partial charge < -0.3 is 20.1 Å². The molecule has 0 unspecified atom stereocenters. The SMILES string of the molecule is C[C@@H](c1c[nH]c2ccccc12)[C@@H](NC(=O)OC(C)(C)C)C(=O)O. The van der Waals surface area contributed by atoms with E-state index in [4.69, 9.17) is 4.74 Å². The Morgan fingerprint density at radius 2 is 1.91 bits per heavy atom. The second kappa shape index (κ2) is 6.32. The Morgan fingerprint density at radius 1 is 1.26 bits per heavy atom. The van der Waals surface area contributed by atoms with E-state index in [2.05, 4.69) is 10.3 Å². The molecule has 1 aromatic carbocycles. The molecule has 23 heavy (non-hydrogen) atoms. The number of ether oxygens (including phenoxy) is 1. The molecule has 2 rings (SSSR count). The molecule has 6 heteroatoms. The standard InChI is InChI=1S/C17H22N2O4/c1-10(12-9-18-13-8-6-5-7-11(12)13)14(15(20)21)19-16(22)23-17(2,3)4/h5-10,14,18H,1-4H3,(H,19,22)(H,20,21)/t10-,14+/m0/s1. The molecule has 0 saturated carbocycles. The first-order valence-electron chi connectivity index (χ1n) is 7.47. The largest absolute Gasteiger partial charge is 0.480 e. The molecule has 6 nitrogen and oxygen atoms in total. The van der Waals surface area contributed by atoms with E-state index in [-0.39, 0.29) is 0 Å². The maximum absolute atomic E-state index is 11.9. The van der Waals surface area contributed by atoms with Crippen molar-refractivity contribution in [2.24, 2.45) is 0 Å². The van der Waals surface area contributed by atoms with E-state index in [0.29, 0.717) is 0 Å². The Labute approximate surface area is 134 Å². The fourth-order valence-corrected chi connectivity index (χ4v) is 2.49. The summed E-state index contributed by atoms with van der Waals surface area (Å²) in [6, 6.07) is 6.56. The van der Waals surface area contributed by atoms with Gasteiger partial charge in [0.15, 0.2) is 0 Å². The average Bonchev–Trinajstić information content (AvgIpc) is 2.85. The molecule has 0 aliphatic heterocycles. The number of para-hydroxylation sites is 1. The van der Waals surface area contributed by atoms with Crippen molar-refractivity contribution in [2.45, 2.75) is 45.3 Å². The van der Waals surface area contributed by atoms with Crippen molar-refractivity contribution < 1.29 is 19.4 Å². The quantitative estimate of drug-likeness (QED) is 0.807. The van der Waals surface area contributed by atoms with Gasteiger partial charge in [-0.05, 0) is 32.4 Å². The van der Waals surface area contributed by atoms with Crippen molar-refractivity contribution in [1.82, 2.24) is 10.3 Å². The van der Waals surface area contributed by atoms with Gasteiger partial charge in [-0.3, -0.25) is 0 Å². The van der Waals surface area contributed by atoms with Gasteiger partial charge in [0, 0.05) is 23.0 Å². The van der Waals surface area contributed by atoms with Crippen LogP contribution in [0, 0.1) is 0 Å². The third-order valence-electron chi connectivity index (χ3n) is 3.55. The molecule has 0 radical (unpaired) electrons. The van der Waals surface area contributed by atoms with Crippen molar-refractivity contribution in [3.8, 4) is 0 Å². The molecule has 1 heterocycles. The second-order valence-electron chi connectivity index (χ2n) is 6.54. The summed E-state index contributed by atoms with van der Waals surface area (Å²) in [7, 11) is 0. The molecule has 3 N–H and O–H groups in total. The Balaban J connectivity index is 2.23. The molecule has 2 atom stereocenters. The monoisotopic (exact) mass is 318 g/mol. The fourth-order valence-electron chi connectivity index (χ4n) is 2.49. The smallest absolute Gasteiger partial charge is 0.408 e. The minimum absolute atomic E-state index is 0.420. The van der Waals surface area contributed by atoms with E-state index in [9.17, 15) is 14.7 Å². The molecule has 0 aliphatic carbocycles. The van der Waals surface area contributed by atoms with Gasteiger partial charge in [0.25, 0.3) is 0 Å². The van der Waals surface area contributed by atoms with E-state index >= 15 is 0 Å². The summed E-state index contributed by atoms with van der Waals surface area (Å²) in [5, 5.41) is 12.9. The highest BCUT2D eigenvalue weighted by Crippen LogP contribution is 2.28. The predicted octanol–water partition coefficient (Wildman–Crippen LogP) is 3.25. The molecular formula is C17H22N2O4. The number of carbonyl (C=O) groups excluding carboxylic acids is 1. The highest BCUT2D eigenvalue weighted by atomic mass is 16.6. The third kappa shape index (κ3) is 4.03. The summed E-state index contributed by atoms with van der Waals surface area (Å²) in [5.41, 5.74) is 1.08. The summed E-state index contributed by atoms with van der Waals surface area (Å²) in [6.07, 6.45) is 1.04. The number of amides is 1. The van der Waals surface area contributed by atoms with Crippen LogP contribution in [-0.2, 0) is 9.53 Å². The first kappa shape index (κ1) is 16.9. The summed E-state index contributed by atoms with van der Waals surface area (Å²) < 4.78 is 5.15. The zero-order valence-electron chi connectivity index (χ0n) is 13.7. The number of aromatic amines is 1. The number of nitrogens with one attached hydrogen (secondary N) is 2. The van der Waals surface area contributed by atoms with Gasteiger partial charge in [0.05, 0.1) is 0 Å². The number of fused-ring (bicyclic) bond motifs is 1. The van der Waals surface area contributed by atoms with Crippen LogP contribution in [0.5, 0.6) is 0 Å². The summed E-state index contributed by atoms with van der Waals surface area (Å²) in [5.74, 6) is -1.52. The van der Waals surface area contributed by atoms with Gasteiger partial charge in [0.1, 0.15) is 11.6 Å². The van der Waals surface area contributed by atoms with Crippen LogP contribution < -0.4 is 5.32 Å². The van der Waals surface area contributed by atoms with Gasteiger partial charge in [-0.25, -0.2) is 9.59 Å². The molecule has 0 fully saturated rings. The molecule has 0 spiro atoms. The highest BCUT2D eigenvalue weighted by molar-refractivity contribution is 5.86. The van der Waals surface area contributed by atoms with Crippen molar-refractivity contribution in [3.05, 3.63) is 36.0 Å². The normalized spacial score (nSPS) is 14.3. The van der Waals surface area contributed by atoms with Crippen molar-refractivity contribution >= 4 is 23.0 Å². The lowest BCUT2D eigenvalue weighted by Gasteiger charge is -2.24. The van der Waals surface area contributed by atoms with E-state index in [0.717, 1.165) is 16.5 Å². The Morgan fingerprint density at radius 3 is 2.52 bits per heavy atom. The maximum atomic E-state index is 11.9. The minimum atomic E-state index is -1.10. The van der Waals surface area contributed by atoms with E-state index in [1.807, 2.05) is 24.3 Å². The van der Waals surface area contributed by atoms with Gasteiger partial charge in [-0.1, -0.05) is 25.1 Å². The summed E-state index contributed by atoms with van der Waals surface area (Å²) in [4.78, 5) is 26.6. The number of rotatable bonds is 4. The number of carboxylic acids is 1. The molecule has 0 bridgehead atoms. The third-order valence-corrected chi connectivity index (χ3v) is 3.55. The molecule has 0 aliphatic rings. The van der Waals surface area contributed by atoms with Gasteiger partial charge >= 0.3 is 12.1 Å². The van der Waals surface area contributed by atoms with Crippen LogP contribution in [0.25, 0.3) is 10.9 Å². The number of carbonyl (C=O) groups is 2. The number of hydrogen-bond acceptors (Lipinski definition) is 3. The van der Waals surface area contributed by atoms with E-state index in [1.165, 1.54) is 0 Å². The highest BCUT2D eigenvalue weighted by Gasteiger charge is 2.30.